The van der Waals surface area contributed by atoms with Crippen LogP contribution in [0, 0.1) is 10.1 Å². The maximum absolute atomic E-state index is 12.7. The molecule has 0 aliphatic heterocycles. The summed E-state index contributed by atoms with van der Waals surface area (Å²) >= 11 is 0. The summed E-state index contributed by atoms with van der Waals surface area (Å²) in [7, 11) is 0. The summed E-state index contributed by atoms with van der Waals surface area (Å²) in [5, 5.41) is 22.1. The van der Waals surface area contributed by atoms with Gasteiger partial charge in [0.1, 0.15) is 11.4 Å². The molecule has 0 fully saturated rings. The molecule has 2 aromatic rings. The van der Waals surface area contributed by atoms with Crippen LogP contribution in [0.1, 0.15) is 11.1 Å². The Morgan fingerprint density at radius 3 is 2.36 bits per heavy atom. The summed E-state index contributed by atoms with van der Waals surface area (Å²) < 4.78 is 42.7. The van der Waals surface area contributed by atoms with Crippen molar-refractivity contribution in [1.29, 1.82) is 0 Å². The Bertz CT molecular complexity index is 897. The number of nitrogens with zero attached hydrogens (tertiary/aromatic N) is 1. The van der Waals surface area contributed by atoms with Crippen molar-refractivity contribution in [2.75, 3.05) is 11.9 Å². The van der Waals surface area contributed by atoms with Gasteiger partial charge in [0, 0.05) is 6.07 Å². The molecule has 148 valence electrons. The molecule has 0 heterocycles. The number of rotatable bonds is 6. The van der Waals surface area contributed by atoms with Crippen LogP contribution in [0.2, 0.25) is 0 Å². The van der Waals surface area contributed by atoms with E-state index in [1.165, 1.54) is 24.3 Å². The minimum absolute atomic E-state index is 0.00892. The first-order valence-electron chi connectivity index (χ1n) is 7.65. The van der Waals surface area contributed by atoms with Crippen molar-refractivity contribution in [3.05, 3.63) is 63.7 Å². The van der Waals surface area contributed by atoms with Gasteiger partial charge in [-0.25, -0.2) is 0 Å². The maximum Gasteiger partial charge on any atom is 0.416 e. The lowest BCUT2D eigenvalue weighted by molar-refractivity contribution is -0.384. The lowest BCUT2D eigenvalue weighted by atomic mass is 10.1. The minimum Gasteiger partial charge on any atom is -0.508 e. The first-order chi connectivity index (χ1) is 13.1. The summed E-state index contributed by atoms with van der Waals surface area (Å²) in [5.74, 6) is -1.72. The van der Waals surface area contributed by atoms with E-state index in [0.717, 1.165) is 6.07 Å². The summed E-state index contributed by atoms with van der Waals surface area (Å²) in [6.07, 6.45) is -4.97. The first-order valence-corrected chi connectivity index (χ1v) is 7.65. The third kappa shape index (κ3) is 5.69. The second-order valence-electron chi connectivity index (χ2n) is 5.54. The Labute approximate surface area is 155 Å². The molecule has 2 rings (SSSR count). The topological polar surface area (TPSA) is 119 Å². The summed E-state index contributed by atoms with van der Waals surface area (Å²) in [6, 6.07) is 7.30. The number of phenols is 1. The fraction of sp³-hybridized carbons (Fsp3) is 0.176. The van der Waals surface area contributed by atoms with Crippen molar-refractivity contribution < 1.29 is 37.5 Å². The van der Waals surface area contributed by atoms with Crippen LogP contribution < -0.4 is 5.32 Å². The molecule has 0 saturated heterocycles. The van der Waals surface area contributed by atoms with Gasteiger partial charge in [-0.2, -0.15) is 13.2 Å². The summed E-state index contributed by atoms with van der Waals surface area (Å²) in [6.45, 7) is -0.783. The summed E-state index contributed by atoms with van der Waals surface area (Å²) in [5.41, 5.74) is -2.13. The highest BCUT2D eigenvalue weighted by molar-refractivity contribution is 5.95. The van der Waals surface area contributed by atoms with Gasteiger partial charge in [-0.1, -0.05) is 12.1 Å². The maximum atomic E-state index is 12.7. The molecule has 0 bridgehead atoms. The number of amides is 1. The molecule has 0 aliphatic rings. The molecular formula is C17H13F3N2O6. The number of halogens is 3. The van der Waals surface area contributed by atoms with E-state index >= 15 is 0 Å². The van der Waals surface area contributed by atoms with E-state index in [4.69, 9.17) is 9.84 Å². The van der Waals surface area contributed by atoms with Gasteiger partial charge in [0.25, 0.3) is 11.6 Å². The van der Waals surface area contributed by atoms with Crippen molar-refractivity contribution in [1.82, 2.24) is 0 Å². The molecule has 0 aromatic heterocycles. The quantitative estimate of drug-likeness (QED) is 0.439. The SMILES string of the molecule is O=C(COC(=O)Cc1ccc(O)cc1)Nc1ccc(C(F)(F)F)cc1[N+](=O)[O-]. The molecule has 2 N–H and O–H groups in total. The van der Waals surface area contributed by atoms with Gasteiger partial charge in [-0.05, 0) is 29.8 Å². The smallest absolute Gasteiger partial charge is 0.416 e. The van der Waals surface area contributed by atoms with Crippen LogP contribution >= 0.6 is 0 Å². The number of nitro groups is 1. The first kappa shape index (κ1) is 20.7. The number of carbonyl (C=O) groups excluding carboxylic acids is 2. The van der Waals surface area contributed by atoms with Gasteiger partial charge < -0.3 is 15.2 Å². The third-order valence-electron chi connectivity index (χ3n) is 3.44. The van der Waals surface area contributed by atoms with Gasteiger partial charge in [-0.15, -0.1) is 0 Å². The Morgan fingerprint density at radius 2 is 1.79 bits per heavy atom. The van der Waals surface area contributed by atoms with Crippen LogP contribution in [-0.2, 0) is 26.9 Å². The monoisotopic (exact) mass is 398 g/mol. The number of aromatic hydroxyl groups is 1. The number of ether oxygens (including phenoxy) is 1. The van der Waals surface area contributed by atoms with Crippen molar-refractivity contribution in [3.8, 4) is 5.75 Å². The lowest BCUT2D eigenvalue weighted by Gasteiger charge is -2.10. The Morgan fingerprint density at radius 1 is 1.14 bits per heavy atom. The largest absolute Gasteiger partial charge is 0.508 e. The fourth-order valence-corrected chi connectivity index (χ4v) is 2.13. The van der Waals surface area contributed by atoms with Crippen LogP contribution in [0.25, 0.3) is 0 Å². The molecule has 0 saturated carbocycles. The van der Waals surface area contributed by atoms with Gasteiger partial charge in [0.05, 0.1) is 16.9 Å². The van der Waals surface area contributed by atoms with Crippen LogP contribution in [0.5, 0.6) is 5.75 Å². The number of esters is 1. The number of anilines is 1. The number of nitro benzene ring substituents is 1. The van der Waals surface area contributed by atoms with E-state index in [-0.39, 0.29) is 12.2 Å². The van der Waals surface area contributed by atoms with Crippen LogP contribution in [-0.4, -0.2) is 28.5 Å². The molecule has 28 heavy (non-hydrogen) atoms. The zero-order chi connectivity index (χ0) is 20.9. The Hall–Kier alpha value is -3.63. The van der Waals surface area contributed by atoms with Gasteiger partial charge in [0.2, 0.25) is 0 Å². The number of hydrogen-bond donors (Lipinski definition) is 2. The number of carbonyl (C=O) groups is 2. The van der Waals surface area contributed by atoms with Crippen LogP contribution in [0.3, 0.4) is 0 Å². The van der Waals surface area contributed by atoms with Crippen LogP contribution in [0.15, 0.2) is 42.5 Å². The molecular weight excluding hydrogens is 385 g/mol. The number of alkyl halides is 3. The second-order valence-corrected chi connectivity index (χ2v) is 5.54. The van der Waals surface area contributed by atoms with Gasteiger partial charge in [-0.3, -0.25) is 19.7 Å². The molecule has 8 nitrogen and oxygen atoms in total. The normalized spacial score (nSPS) is 11.0. The van der Waals surface area contributed by atoms with Crippen molar-refractivity contribution in [2.24, 2.45) is 0 Å². The summed E-state index contributed by atoms with van der Waals surface area (Å²) in [4.78, 5) is 33.4. The predicted molar refractivity (Wildman–Crippen MR) is 89.5 cm³/mol. The highest BCUT2D eigenvalue weighted by atomic mass is 19.4. The van der Waals surface area contributed by atoms with E-state index in [1.807, 2.05) is 5.32 Å². The van der Waals surface area contributed by atoms with E-state index in [9.17, 15) is 32.9 Å². The molecule has 0 spiro atoms. The Kier molecular flexibility index (Phi) is 6.18. The average Bonchev–Trinajstić information content (AvgIpc) is 2.61. The van der Waals surface area contributed by atoms with E-state index in [1.54, 1.807) is 0 Å². The Balaban J connectivity index is 1.97. The molecule has 0 aliphatic carbocycles. The standard InChI is InChI=1S/C17H13F3N2O6/c18-17(19,20)11-3-6-13(14(8-11)22(26)27)21-15(24)9-28-16(25)7-10-1-4-12(23)5-2-10/h1-6,8,23H,7,9H2,(H,21,24). The molecule has 1 amide bonds. The zero-order valence-corrected chi connectivity index (χ0v) is 14.0. The second kappa shape index (κ2) is 8.37. The van der Waals surface area contributed by atoms with Gasteiger partial charge >= 0.3 is 12.1 Å². The predicted octanol–water partition coefficient (Wildman–Crippen LogP) is 3.04. The molecule has 0 atom stereocenters. The molecule has 11 heteroatoms. The van der Waals surface area contributed by atoms with E-state index in [2.05, 4.69) is 0 Å². The van der Waals surface area contributed by atoms with Crippen molar-refractivity contribution >= 4 is 23.3 Å². The van der Waals surface area contributed by atoms with E-state index < -0.39 is 46.5 Å². The number of hydrogen-bond acceptors (Lipinski definition) is 6. The molecule has 0 unspecified atom stereocenters. The fourth-order valence-electron chi connectivity index (χ4n) is 2.13. The average molecular weight is 398 g/mol. The zero-order valence-electron chi connectivity index (χ0n) is 14.0. The molecule has 0 radical (unpaired) electrons. The highest BCUT2D eigenvalue weighted by Gasteiger charge is 2.33. The minimum atomic E-state index is -4.78. The number of nitrogens with one attached hydrogen (secondary N) is 1. The van der Waals surface area contributed by atoms with Crippen molar-refractivity contribution in [3.63, 3.8) is 0 Å². The third-order valence-corrected chi connectivity index (χ3v) is 3.44. The van der Waals surface area contributed by atoms with E-state index in [0.29, 0.717) is 17.7 Å². The lowest BCUT2D eigenvalue weighted by Crippen LogP contribution is -2.22. The highest BCUT2D eigenvalue weighted by Crippen LogP contribution is 2.34. The van der Waals surface area contributed by atoms with Crippen LogP contribution in [0.4, 0.5) is 24.5 Å². The number of phenolic OH excluding ortho intramolecular Hbond substituents is 1. The number of benzene rings is 2. The van der Waals surface area contributed by atoms with Gasteiger partial charge in [0.15, 0.2) is 6.61 Å². The molecule has 2 aromatic carbocycles. The van der Waals surface area contributed by atoms with Crippen molar-refractivity contribution in [2.45, 2.75) is 12.6 Å².